The zero-order valence-corrected chi connectivity index (χ0v) is 19.5. The number of hydrogen-bond donors (Lipinski definition) is 2. The number of benzene rings is 2. The van der Waals surface area contributed by atoms with Crippen LogP contribution in [0.4, 0.5) is 11.4 Å². The van der Waals surface area contributed by atoms with Crippen molar-refractivity contribution in [1.29, 1.82) is 0 Å². The number of amides is 1. The minimum atomic E-state index is -3.80. The first-order valence-electron chi connectivity index (χ1n) is 10.8. The normalized spacial score (nSPS) is 13.2. The van der Waals surface area contributed by atoms with Gasteiger partial charge in [-0.05, 0) is 62.7 Å². The summed E-state index contributed by atoms with van der Waals surface area (Å²) >= 11 is 0. The van der Waals surface area contributed by atoms with Crippen LogP contribution in [0.1, 0.15) is 37.0 Å². The van der Waals surface area contributed by atoms with E-state index >= 15 is 0 Å². The van der Waals surface area contributed by atoms with Crippen LogP contribution in [-0.4, -0.2) is 52.4 Å². The van der Waals surface area contributed by atoms with Crippen LogP contribution < -0.4 is 14.9 Å². The van der Waals surface area contributed by atoms with Gasteiger partial charge in [0.1, 0.15) is 5.84 Å². The third-order valence-electron chi connectivity index (χ3n) is 5.12. The molecule has 0 fully saturated rings. The monoisotopic (exact) mass is 472 g/mol. The van der Waals surface area contributed by atoms with E-state index in [9.17, 15) is 18.0 Å². The second-order valence-electron chi connectivity index (χ2n) is 7.41. The van der Waals surface area contributed by atoms with Crippen molar-refractivity contribution in [1.82, 2.24) is 4.72 Å². The zero-order chi connectivity index (χ0) is 23.8. The molecule has 0 atom stereocenters. The molecule has 1 aliphatic rings. The Bertz CT molecular complexity index is 1130. The molecular formula is C23H28N4O5S. The smallest absolute Gasteiger partial charge is 0.338 e. The fourth-order valence-corrected chi connectivity index (χ4v) is 4.52. The second kappa shape index (κ2) is 11.0. The summed E-state index contributed by atoms with van der Waals surface area (Å²) in [5.74, 6) is -0.763. The number of aliphatic imine (C=N–C) groups is 1. The van der Waals surface area contributed by atoms with Gasteiger partial charge in [0.2, 0.25) is 0 Å². The van der Waals surface area contributed by atoms with Crippen molar-refractivity contribution in [3.63, 3.8) is 0 Å². The molecule has 1 heterocycles. The third-order valence-corrected chi connectivity index (χ3v) is 6.50. The average Bonchev–Trinajstić information content (AvgIpc) is 3.31. The maximum absolute atomic E-state index is 12.5. The summed E-state index contributed by atoms with van der Waals surface area (Å²) in [4.78, 5) is 30.7. The van der Waals surface area contributed by atoms with Crippen molar-refractivity contribution in [3.05, 3.63) is 54.1 Å². The van der Waals surface area contributed by atoms with Crippen molar-refractivity contribution < 1.29 is 22.7 Å². The fourth-order valence-electron chi connectivity index (χ4n) is 3.39. The fraction of sp³-hybridized carbons (Fsp3) is 0.348. The van der Waals surface area contributed by atoms with E-state index in [1.54, 1.807) is 18.2 Å². The molecule has 0 radical (unpaired) electrons. The van der Waals surface area contributed by atoms with Crippen LogP contribution in [0.25, 0.3) is 0 Å². The number of anilines is 2. The molecule has 3 rings (SSSR count). The van der Waals surface area contributed by atoms with Crippen LogP contribution in [0.3, 0.4) is 0 Å². The average molecular weight is 473 g/mol. The molecule has 0 spiro atoms. The number of sulfonamides is 1. The van der Waals surface area contributed by atoms with E-state index in [-0.39, 0.29) is 10.6 Å². The molecule has 9 nitrogen and oxygen atoms in total. The molecule has 0 saturated carbocycles. The summed E-state index contributed by atoms with van der Waals surface area (Å²) < 4.78 is 32.6. The quantitative estimate of drug-likeness (QED) is 0.542. The molecule has 2 N–H and O–H groups in total. The van der Waals surface area contributed by atoms with Gasteiger partial charge < -0.3 is 15.0 Å². The zero-order valence-electron chi connectivity index (χ0n) is 18.7. The summed E-state index contributed by atoms with van der Waals surface area (Å²) in [6, 6.07) is 12.8. The van der Waals surface area contributed by atoms with Gasteiger partial charge in [0.25, 0.3) is 15.9 Å². The molecular weight excluding hydrogens is 444 g/mol. The number of carbonyl (C=O) groups is 2. The van der Waals surface area contributed by atoms with Crippen molar-refractivity contribution in [3.8, 4) is 0 Å². The van der Waals surface area contributed by atoms with Gasteiger partial charge in [-0.25, -0.2) is 13.2 Å². The van der Waals surface area contributed by atoms with Crippen LogP contribution in [-0.2, 0) is 19.6 Å². The topological polar surface area (TPSA) is 117 Å². The first-order chi connectivity index (χ1) is 15.8. The predicted octanol–water partition coefficient (Wildman–Crippen LogP) is 2.80. The minimum Gasteiger partial charge on any atom is -0.452 e. The van der Waals surface area contributed by atoms with E-state index in [2.05, 4.69) is 33.8 Å². The Balaban J connectivity index is 1.55. The molecule has 176 valence electrons. The van der Waals surface area contributed by atoms with E-state index < -0.39 is 28.5 Å². The van der Waals surface area contributed by atoms with Crippen LogP contribution >= 0.6 is 0 Å². The van der Waals surface area contributed by atoms with Crippen LogP contribution in [0.15, 0.2) is 58.4 Å². The van der Waals surface area contributed by atoms with Crippen molar-refractivity contribution in [2.75, 3.05) is 36.5 Å². The Morgan fingerprint density at radius 3 is 2.45 bits per heavy atom. The van der Waals surface area contributed by atoms with Gasteiger partial charge in [-0.1, -0.05) is 6.07 Å². The molecule has 1 aliphatic heterocycles. The SMILES string of the molecule is CCN(CC)c1ccc(C(=O)OCC(=O)Nc2cccc(S(=O)(=O)NC3=NCCC3)c2)cc1. The summed E-state index contributed by atoms with van der Waals surface area (Å²) in [7, 11) is -3.80. The number of ether oxygens (including phenoxy) is 1. The highest BCUT2D eigenvalue weighted by Crippen LogP contribution is 2.17. The molecule has 0 bridgehead atoms. The highest BCUT2D eigenvalue weighted by atomic mass is 32.2. The number of amidine groups is 1. The van der Waals surface area contributed by atoms with Crippen LogP contribution in [0, 0.1) is 0 Å². The maximum atomic E-state index is 12.5. The van der Waals surface area contributed by atoms with Gasteiger partial charge in [0.15, 0.2) is 6.61 Å². The van der Waals surface area contributed by atoms with Gasteiger partial charge in [-0.3, -0.25) is 14.5 Å². The number of nitrogens with one attached hydrogen (secondary N) is 2. The van der Waals surface area contributed by atoms with E-state index in [0.717, 1.165) is 25.2 Å². The summed E-state index contributed by atoms with van der Waals surface area (Å²) in [6.07, 6.45) is 1.39. The first kappa shape index (κ1) is 24.2. The first-order valence-corrected chi connectivity index (χ1v) is 12.3. The Hall–Kier alpha value is -3.40. The lowest BCUT2D eigenvalue weighted by atomic mass is 10.2. The van der Waals surface area contributed by atoms with Gasteiger partial charge in [0, 0.05) is 37.4 Å². The van der Waals surface area contributed by atoms with Crippen LogP contribution in [0.2, 0.25) is 0 Å². The highest BCUT2D eigenvalue weighted by Gasteiger charge is 2.19. The number of nitrogens with zero attached hydrogens (tertiary/aromatic N) is 2. The molecule has 2 aromatic carbocycles. The second-order valence-corrected chi connectivity index (χ2v) is 9.09. The lowest BCUT2D eigenvalue weighted by Crippen LogP contribution is -2.29. The van der Waals surface area contributed by atoms with E-state index in [1.807, 2.05) is 12.1 Å². The van der Waals surface area contributed by atoms with Crippen molar-refractivity contribution >= 4 is 39.1 Å². The number of esters is 1. The molecule has 0 unspecified atom stereocenters. The molecule has 2 aromatic rings. The summed E-state index contributed by atoms with van der Waals surface area (Å²) in [6.45, 7) is 5.92. The molecule has 0 saturated heterocycles. The van der Waals surface area contributed by atoms with Gasteiger partial charge in [-0.15, -0.1) is 0 Å². The number of hydrogen-bond acceptors (Lipinski definition) is 7. The minimum absolute atomic E-state index is 0.000173. The summed E-state index contributed by atoms with van der Waals surface area (Å²) in [5, 5.41) is 2.55. The van der Waals surface area contributed by atoms with Gasteiger partial charge in [0.05, 0.1) is 10.5 Å². The molecule has 1 amide bonds. The third kappa shape index (κ3) is 6.55. The summed E-state index contributed by atoms with van der Waals surface area (Å²) in [5.41, 5.74) is 1.61. The molecule has 0 aliphatic carbocycles. The number of carbonyl (C=O) groups excluding carboxylic acids is 2. The number of rotatable bonds is 9. The Labute approximate surface area is 193 Å². The van der Waals surface area contributed by atoms with Gasteiger partial charge in [-0.2, -0.15) is 0 Å². The Morgan fingerprint density at radius 2 is 1.82 bits per heavy atom. The van der Waals surface area contributed by atoms with E-state index in [1.165, 1.54) is 18.2 Å². The lowest BCUT2D eigenvalue weighted by Gasteiger charge is -2.20. The van der Waals surface area contributed by atoms with Gasteiger partial charge >= 0.3 is 5.97 Å². The Kier molecular flexibility index (Phi) is 8.05. The Morgan fingerprint density at radius 1 is 1.09 bits per heavy atom. The maximum Gasteiger partial charge on any atom is 0.338 e. The predicted molar refractivity (Wildman–Crippen MR) is 127 cm³/mol. The molecule has 10 heteroatoms. The highest BCUT2D eigenvalue weighted by molar-refractivity contribution is 7.90. The standard InChI is InChI=1S/C23H28N4O5S/c1-3-27(4-2)19-12-10-17(11-13-19)23(29)32-16-22(28)25-18-7-5-8-20(15-18)33(30,31)26-21-9-6-14-24-21/h5,7-8,10-13,15H,3-4,6,9,14,16H2,1-2H3,(H,24,26)(H,25,28). The molecule has 33 heavy (non-hydrogen) atoms. The lowest BCUT2D eigenvalue weighted by molar-refractivity contribution is -0.119. The largest absolute Gasteiger partial charge is 0.452 e. The van der Waals surface area contributed by atoms with Crippen molar-refractivity contribution in [2.45, 2.75) is 31.6 Å². The van der Waals surface area contributed by atoms with E-state index in [0.29, 0.717) is 24.4 Å². The van der Waals surface area contributed by atoms with E-state index in [4.69, 9.17) is 4.74 Å². The molecule has 0 aromatic heterocycles. The van der Waals surface area contributed by atoms with Crippen LogP contribution in [0.5, 0.6) is 0 Å². The van der Waals surface area contributed by atoms with Crippen molar-refractivity contribution in [2.24, 2.45) is 4.99 Å².